The van der Waals surface area contributed by atoms with Crippen molar-refractivity contribution in [3.05, 3.63) is 47.3 Å². The normalized spacial score (nSPS) is 10.8. The molecular formula is C13H11ClN2O3. The van der Waals surface area contributed by atoms with Crippen molar-refractivity contribution >= 4 is 23.6 Å². The van der Waals surface area contributed by atoms with Crippen LogP contribution in [0.15, 0.2) is 36.7 Å². The van der Waals surface area contributed by atoms with Gasteiger partial charge in [0.1, 0.15) is 0 Å². The Kier molecular flexibility index (Phi) is 3.87. The van der Waals surface area contributed by atoms with Gasteiger partial charge in [0.15, 0.2) is 11.5 Å². The van der Waals surface area contributed by atoms with Gasteiger partial charge in [-0.2, -0.15) is 5.10 Å². The topological polar surface area (TPSA) is 64.3 Å². The highest BCUT2D eigenvalue weighted by atomic mass is 35.5. The molecule has 0 fully saturated rings. The molecule has 2 rings (SSSR count). The van der Waals surface area contributed by atoms with E-state index in [1.165, 1.54) is 6.08 Å². The average Bonchev–Trinajstić information content (AvgIpc) is 2.75. The van der Waals surface area contributed by atoms with E-state index < -0.39 is 5.97 Å². The first-order chi connectivity index (χ1) is 9.06. The fourth-order valence-corrected chi connectivity index (χ4v) is 1.72. The monoisotopic (exact) mass is 278 g/mol. The third-order valence-corrected chi connectivity index (χ3v) is 2.60. The minimum Gasteiger partial charge on any atom is -0.478 e. The van der Waals surface area contributed by atoms with Crippen LogP contribution in [-0.4, -0.2) is 20.9 Å². The molecule has 6 heteroatoms. The van der Waals surface area contributed by atoms with Crippen LogP contribution in [0.5, 0.6) is 11.5 Å². The number of aryl methyl sites for hydroxylation is 1. The molecule has 5 nitrogen and oxygen atoms in total. The van der Waals surface area contributed by atoms with Crippen LogP contribution in [0.4, 0.5) is 0 Å². The third-order valence-electron chi connectivity index (χ3n) is 2.30. The smallest absolute Gasteiger partial charge is 0.328 e. The van der Waals surface area contributed by atoms with Gasteiger partial charge in [-0.05, 0) is 12.1 Å². The zero-order valence-corrected chi connectivity index (χ0v) is 10.8. The molecule has 0 unspecified atom stereocenters. The highest BCUT2D eigenvalue weighted by Gasteiger charge is 2.09. The molecule has 0 radical (unpaired) electrons. The van der Waals surface area contributed by atoms with Crippen LogP contribution in [0.25, 0.3) is 6.08 Å². The lowest BCUT2D eigenvalue weighted by Crippen LogP contribution is -1.90. The van der Waals surface area contributed by atoms with Gasteiger partial charge in [-0.15, -0.1) is 0 Å². The van der Waals surface area contributed by atoms with Crippen molar-refractivity contribution in [3.63, 3.8) is 0 Å². The quantitative estimate of drug-likeness (QED) is 0.873. The van der Waals surface area contributed by atoms with Crippen molar-refractivity contribution in [2.24, 2.45) is 7.05 Å². The van der Waals surface area contributed by atoms with E-state index >= 15 is 0 Å². The Morgan fingerprint density at radius 2 is 2.32 bits per heavy atom. The number of aromatic nitrogens is 2. The summed E-state index contributed by atoms with van der Waals surface area (Å²) >= 11 is 6.07. The Bertz CT molecular complexity index is 635. The Hall–Kier alpha value is -2.27. The second kappa shape index (κ2) is 5.58. The first kappa shape index (κ1) is 13.2. The van der Waals surface area contributed by atoms with Crippen LogP contribution >= 0.6 is 11.6 Å². The van der Waals surface area contributed by atoms with E-state index in [1.807, 2.05) is 0 Å². The predicted octanol–water partition coefficient (Wildman–Crippen LogP) is 2.96. The molecule has 0 saturated carbocycles. The van der Waals surface area contributed by atoms with Gasteiger partial charge in [-0.1, -0.05) is 23.7 Å². The molecule has 1 heterocycles. The van der Waals surface area contributed by atoms with E-state index in [0.717, 1.165) is 6.08 Å². The van der Waals surface area contributed by atoms with E-state index in [1.54, 1.807) is 42.3 Å². The number of nitrogens with zero attached hydrogens (tertiary/aromatic N) is 2. The lowest BCUT2D eigenvalue weighted by Gasteiger charge is -2.08. The van der Waals surface area contributed by atoms with Crippen LogP contribution in [0.1, 0.15) is 5.56 Å². The second-order valence-electron chi connectivity index (χ2n) is 3.78. The zero-order chi connectivity index (χ0) is 13.8. The minimum atomic E-state index is -1.03. The molecule has 0 aliphatic rings. The van der Waals surface area contributed by atoms with Crippen LogP contribution in [0.3, 0.4) is 0 Å². The first-order valence-corrected chi connectivity index (χ1v) is 5.80. The number of aliphatic carboxylic acids is 1. The van der Waals surface area contributed by atoms with Gasteiger partial charge in [0.25, 0.3) is 0 Å². The predicted molar refractivity (Wildman–Crippen MR) is 71.4 cm³/mol. The van der Waals surface area contributed by atoms with Gasteiger partial charge >= 0.3 is 5.97 Å². The molecule has 98 valence electrons. The third kappa shape index (κ3) is 3.35. The maximum absolute atomic E-state index is 10.6. The van der Waals surface area contributed by atoms with Gasteiger partial charge in [0.2, 0.25) is 0 Å². The maximum Gasteiger partial charge on any atom is 0.328 e. The molecular weight excluding hydrogens is 268 g/mol. The molecule has 19 heavy (non-hydrogen) atoms. The molecule has 0 aliphatic heterocycles. The maximum atomic E-state index is 10.6. The molecule has 0 atom stereocenters. The average molecular weight is 279 g/mol. The van der Waals surface area contributed by atoms with Crippen LogP contribution in [0.2, 0.25) is 5.02 Å². The number of ether oxygens (including phenoxy) is 1. The van der Waals surface area contributed by atoms with E-state index in [2.05, 4.69) is 5.10 Å². The molecule has 0 saturated heterocycles. The fraction of sp³-hybridized carbons (Fsp3) is 0.0769. The Labute approximate surface area is 114 Å². The van der Waals surface area contributed by atoms with Crippen molar-refractivity contribution in [2.75, 3.05) is 0 Å². The number of carbonyl (C=O) groups is 1. The number of hydrogen-bond donors (Lipinski definition) is 1. The van der Waals surface area contributed by atoms with E-state index in [4.69, 9.17) is 21.4 Å². The molecule has 2 aromatic rings. The van der Waals surface area contributed by atoms with Gasteiger partial charge < -0.3 is 9.84 Å². The van der Waals surface area contributed by atoms with Crippen molar-refractivity contribution < 1.29 is 14.6 Å². The first-order valence-electron chi connectivity index (χ1n) is 5.42. The molecule has 1 aromatic heterocycles. The van der Waals surface area contributed by atoms with Gasteiger partial charge in [0, 0.05) is 18.7 Å². The van der Waals surface area contributed by atoms with Gasteiger partial charge in [-0.3, -0.25) is 4.68 Å². The van der Waals surface area contributed by atoms with Crippen molar-refractivity contribution in [1.29, 1.82) is 0 Å². The molecule has 1 N–H and O–H groups in total. The summed E-state index contributed by atoms with van der Waals surface area (Å²) in [6, 6.07) is 5.11. The number of rotatable bonds is 4. The zero-order valence-electron chi connectivity index (χ0n) is 10.1. The second-order valence-corrected chi connectivity index (χ2v) is 4.19. The van der Waals surface area contributed by atoms with E-state index in [9.17, 15) is 4.79 Å². The number of benzene rings is 1. The molecule has 0 amide bonds. The largest absolute Gasteiger partial charge is 0.478 e. The van der Waals surface area contributed by atoms with Crippen molar-refractivity contribution in [2.45, 2.75) is 0 Å². The number of carboxylic acids is 1. The van der Waals surface area contributed by atoms with Crippen LogP contribution in [-0.2, 0) is 11.8 Å². The standard InChI is InChI=1S/C13H11ClN2O3/c1-16-8-10(7-15-16)19-13-9(5-6-12(17)18)3-2-4-11(13)14/h2-8H,1H3,(H,17,18)/b6-5+. The summed E-state index contributed by atoms with van der Waals surface area (Å²) in [7, 11) is 1.77. The molecule has 1 aromatic carbocycles. The van der Waals surface area contributed by atoms with Crippen molar-refractivity contribution in [3.8, 4) is 11.5 Å². The number of halogens is 1. The Balaban J connectivity index is 2.35. The highest BCUT2D eigenvalue weighted by Crippen LogP contribution is 2.33. The van der Waals surface area contributed by atoms with E-state index in [0.29, 0.717) is 22.1 Å². The van der Waals surface area contributed by atoms with Crippen LogP contribution < -0.4 is 4.74 Å². The summed E-state index contributed by atoms with van der Waals surface area (Å²) in [6.45, 7) is 0. The van der Waals surface area contributed by atoms with Gasteiger partial charge in [-0.25, -0.2) is 4.79 Å². The van der Waals surface area contributed by atoms with E-state index in [-0.39, 0.29) is 0 Å². The summed E-state index contributed by atoms with van der Waals surface area (Å²) in [6.07, 6.45) is 5.70. The summed E-state index contributed by atoms with van der Waals surface area (Å²) in [4.78, 5) is 10.6. The highest BCUT2D eigenvalue weighted by molar-refractivity contribution is 6.32. The minimum absolute atomic E-state index is 0.398. The number of hydrogen-bond acceptors (Lipinski definition) is 3. The Morgan fingerprint density at radius 3 is 2.95 bits per heavy atom. The molecule has 0 aliphatic carbocycles. The SMILES string of the molecule is Cn1cc(Oc2c(Cl)cccc2/C=C/C(=O)O)cn1. The molecule has 0 spiro atoms. The van der Waals surface area contributed by atoms with Crippen molar-refractivity contribution in [1.82, 2.24) is 9.78 Å². The summed E-state index contributed by atoms with van der Waals surface area (Å²) < 4.78 is 7.23. The van der Waals surface area contributed by atoms with Gasteiger partial charge in [0.05, 0.1) is 17.4 Å². The van der Waals surface area contributed by atoms with Crippen LogP contribution in [0, 0.1) is 0 Å². The lowest BCUT2D eigenvalue weighted by molar-refractivity contribution is -0.131. The summed E-state index contributed by atoms with van der Waals surface area (Å²) in [5.74, 6) is -0.109. The Morgan fingerprint density at radius 1 is 1.53 bits per heavy atom. The molecule has 0 bridgehead atoms. The number of para-hydroxylation sites is 1. The lowest BCUT2D eigenvalue weighted by atomic mass is 10.2. The summed E-state index contributed by atoms with van der Waals surface area (Å²) in [5, 5.41) is 13.0. The summed E-state index contributed by atoms with van der Waals surface area (Å²) in [5.41, 5.74) is 0.582. The fourth-order valence-electron chi connectivity index (χ4n) is 1.49. The number of carboxylic acid groups (broad SMARTS) is 1.